The molecule has 0 radical (unpaired) electrons. The quantitative estimate of drug-likeness (QED) is 0.795. The number of nitrogens with two attached hydrogens (primary N) is 1. The van der Waals surface area contributed by atoms with E-state index in [2.05, 4.69) is 0 Å². The van der Waals surface area contributed by atoms with Gasteiger partial charge in [0.2, 0.25) is 0 Å². The Kier molecular flexibility index (Phi) is 4.09. The van der Waals surface area contributed by atoms with Crippen molar-refractivity contribution >= 4 is 6.09 Å². The summed E-state index contributed by atoms with van der Waals surface area (Å²) in [4.78, 5) is 14.3. The molecule has 0 bridgehead atoms. The lowest BCUT2D eigenvalue weighted by Gasteiger charge is -2.52. The molecule has 2 fully saturated rings. The largest absolute Gasteiger partial charge is 0.444 e. The molecule has 2 aliphatic rings. The number of piperidine rings is 1. The molecule has 2 atom stereocenters. The van der Waals surface area contributed by atoms with Crippen molar-refractivity contribution < 1.29 is 9.53 Å². The third-order valence-electron chi connectivity index (χ3n) is 4.59. The molecule has 2 rings (SSSR count). The second-order valence-corrected chi connectivity index (χ2v) is 7.11. The highest BCUT2D eigenvalue weighted by Crippen LogP contribution is 2.45. The number of likely N-dealkylation sites (tertiary alicyclic amines) is 1. The lowest BCUT2D eigenvalue weighted by Crippen LogP contribution is -2.59. The number of amides is 1. The van der Waals surface area contributed by atoms with E-state index in [-0.39, 0.29) is 17.6 Å². The number of nitrogens with zero attached hydrogens (tertiary/aromatic N) is 1. The van der Waals surface area contributed by atoms with E-state index in [4.69, 9.17) is 10.5 Å². The van der Waals surface area contributed by atoms with Gasteiger partial charge in [0, 0.05) is 18.0 Å². The number of carbonyl (C=O) groups excluding carboxylic acids is 1. The standard InChI is InChI=1S/C15H28N2O2/c1-14(2,3)19-13(18)17-10-6-9-15(11-16)8-5-4-7-12(15)17/h12H,4-11,16H2,1-3H3. The zero-order valence-corrected chi connectivity index (χ0v) is 12.6. The summed E-state index contributed by atoms with van der Waals surface area (Å²) >= 11 is 0. The van der Waals surface area contributed by atoms with Gasteiger partial charge in [0.15, 0.2) is 0 Å². The molecule has 0 aromatic carbocycles. The molecule has 19 heavy (non-hydrogen) atoms. The summed E-state index contributed by atoms with van der Waals surface area (Å²) in [5.74, 6) is 0. The number of carbonyl (C=O) groups is 1. The first kappa shape index (κ1) is 14.6. The van der Waals surface area contributed by atoms with E-state index < -0.39 is 5.60 Å². The van der Waals surface area contributed by atoms with Crippen LogP contribution < -0.4 is 5.73 Å². The monoisotopic (exact) mass is 268 g/mol. The van der Waals surface area contributed by atoms with Crippen molar-refractivity contribution in [3.05, 3.63) is 0 Å². The fourth-order valence-electron chi connectivity index (χ4n) is 3.70. The van der Waals surface area contributed by atoms with Crippen molar-refractivity contribution in [2.45, 2.75) is 70.9 Å². The van der Waals surface area contributed by atoms with Crippen LogP contribution in [0.4, 0.5) is 4.79 Å². The van der Waals surface area contributed by atoms with Crippen LogP contribution in [0.5, 0.6) is 0 Å². The van der Waals surface area contributed by atoms with E-state index in [9.17, 15) is 4.79 Å². The molecule has 0 spiro atoms. The number of hydrogen-bond donors (Lipinski definition) is 1. The van der Waals surface area contributed by atoms with Gasteiger partial charge in [-0.15, -0.1) is 0 Å². The Balaban J connectivity index is 2.14. The van der Waals surface area contributed by atoms with Crippen LogP contribution in [0.1, 0.15) is 59.3 Å². The fourth-order valence-corrected chi connectivity index (χ4v) is 3.70. The predicted octanol–water partition coefficient (Wildman–Crippen LogP) is 2.91. The van der Waals surface area contributed by atoms with Gasteiger partial charge in [-0.25, -0.2) is 4.79 Å². The number of rotatable bonds is 1. The van der Waals surface area contributed by atoms with Crippen molar-refractivity contribution in [3.63, 3.8) is 0 Å². The summed E-state index contributed by atoms with van der Waals surface area (Å²) in [6, 6.07) is 0.287. The van der Waals surface area contributed by atoms with Gasteiger partial charge in [-0.05, 0) is 53.0 Å². The summed E-state index contributed by atoms with van der Waals surface area (Å²) in [5, 5.41) is 0. The van der Waals surface area contributed by atoms with Gasteiger partial charge in [0.1, 0.15) is 5.60 Å². The fraction of sp³-hybridized carbons (Fsp3) is 0.933. The van der Waals surface area contributed by atoms with E-state index in [1.165, 1.54) is 12.8 Å². The Morgan fingerprint density at radius 3 is 2.63 bits per heavy atom. The van der Waals surface area contributed by atoms with E-state index in [0.717, 1.165) is 32.2 Å². The van der Waals surface area contributed by atoms with Crippen LogP contribution in [0, 0.1) is 5.41 Å². The van der Waals surface area contributed by atoms with Crippen LogP contribution in [0.15, 0.2) is 0 Å². The third kappa shape index (κ3) is 3.04. The van der Waals surface area contributed by atoms with Crippen LogP contribution in [0.2, 0.25) is 0 Å². The maximum absolute atomic E-state index is 12.4. The zero-order chi connectivity index (χ0) is 14.1. The van der Waals surface area contributed by atoms with Crippen molar-refractivity contribution in [2.75, 3.05) is 13.1 Å². The molecular formula is C15H28N2O2. The third-order valence-corrected chi connectivity index (χ3v) is 4.59. The average molecular weight is 268 g/mol. The summed E-state index contributed by atoms with van der Waals surface area (Å²) < 4.78 is 5.56. The number of fused-ring (bicyclic) bond motifs is 1. The Labute approximate surface area is 116 Å². The molecule has 1 heterocycles. The van der Waals surface area contributed by atoms with Crippen molar-refractivity contribution in [1.29, 1.82) is 0 Å². The number of ether oxygens (including phenoxy) is 1. The minimum atomic E-state index is -0.422. The first-order chi connectivity index (χ1) is 8.88. The molecule has 2 unspecified atom stereocenters. The molecule has 4 heteroatoms. The second-order valence-electron chi connectivity index (χ2n) is 7.11. The van der Waals surface area contributed by atoms with Crippen LogP contribution in [-0.4, -0.2) is 35.7 Å². The van der Waals surface area contributed by atoms with Crippen LogP contribution in [-0.2, 0) is 4.74 Å². The minimum absolute atomic E-state index is 0.146. The molecule has 2 N–H and O–H groups in total. The van der Waals surface area contributed by atoms with E-state index in [1.54, 1.807) is 0 Å². The molecule has 110 valence electrons. The van der Waals surface area contributed by atoms with Crippen LogP contribution in [0.25, 0.3) is 0 Å². The molecule has 4 nitrogen and oxygen atoms in total. The Bertz CT molecular complexity index is 334. The minimum Gasteiger partial charge on any atom is -0.444 e. The molecular weight excluding hydrogens is 240 g/mol. The zero-order valence-electron chi connectivity index (χ0n) is 12.6. The topological polar surface area (TPSA) is 55.6 Å². The van der Waals surface area contributed by atoms with Gasteiger partial charge in [-0.3, -0.25) is 0 Å². The Morgan fingerprint density at radius 1 is 1.32 bits per heavy atom. The van der Waals surface area contributed by atoms with Crippen molar-refractivity contribution in [3.8, 4) is 0 Å². The van der Waals surface area contributed by atoms with Gasteiger partial charge in [0.05, 0.1) is 0 Å². The average Bonchev–Trinajstić information content (AvgIpc) is 2.35. The smallest absolute Gasteiger partial charge is 0.410 e. The lowest BCUT2D eigenvalue weighted by atomic mass is 9.65. The molecule has 1 aliphatic heterocycles. The highest BCUT2D eigenvalue weighted by Gasteiger charge is 2.47. The van der Waals surface area contributed by atoms with Gasteiger partial charge in [-0.1, -0.05) is 12.8 Å². The molecule has 1 saturated heterocycles. The van der Waals surface area contributed by atoms with Crippen LogP contribution in [0.3, 0.4) is 0 Å². The predicted molar refractivity (Wildman–Crippen MR) is 75.9 cm³/mol. The summed E-state index contributed by atoms with van der Waals surface area (Å²) in [6.45, 7) is 7.28. The van der Waals surface area contributed by atoms with E-state index >= 15 is 0 Å². The molecule has 1 aliphatic carbocycles. The summed E-state index contributed by atoms with van der Waals surface area (Å²) in [5.41, 5.74) is 5.78. The van der Waals surface area contributed by atoms with Gasteiger partial charge in [0.25, 0.3) is 0 Å². The van der Waals surface area contributed by atoms with Gasteiger partial charge < -0.3 is 15.4 Å². The highest BCUT2D eigenvalue weighted by molar-refractivity contribution is 5.69. The van der Waals surface area contributed by atoms with Crippen molar-refractivity contribution in [2.24, 2.45) is 11.1 Å². The first-order valence-corrected chi connectivity index (χ1v) is 7.58. The summed E-state index contributed by atoms with van der Waals surface area (Å²) in [7, 11) is 0. The van der Waals surface area contributed by atoms with Crippen molar-refractivity contribution in [1.82, 2.24) is 4.90 Å². The van der Waals surface area contributed by atoms with Crippen LogP contribution >= 0.6 is 0 Å². The molecule has 0 aromatic rings. The van der Waals surface area contributed by atoms with E-state index in [1.807, 2.05) is 25.7 Å². The Morgan fingerprint density at radius 2 is 2.00 bits per heavy atom. The molecule has 0 aromatic heterocycles. The Hall–Kier alpha value is -0.770. The first-order valence-electron chi connectivity index (χ1n) is 7.58. The normalized spacial score (nSPS) is 31.8. The van der Waals surface area contributed by atoms with E-state index in [0.29, 0.717) is 6.54 Å². The highest BCUT2D eigenvalue weighted by atomic mass is 16.6. The summed E-state index contributed by atoms with van der Waals surface area (Å²) in [6.07, 6.45) is 6.74. The number of hydrogen-bond acceptors (Lipinski definition) is 3. The van der Waals surface area contributed by atoms with Gasteiger partial charge in [-0.2, -0.15) is 0 Å². The second kappa shape index (κ2) is 5.31. The van der Waals surface area contributed by atoms with Gasteiger partial charge >= 0.3 is 6.09 Å². The maximum atomic E-state index is 12.4. The molecule has 1 saturated carbocycles. The lowest BCUT2D eigenvalue weighted by molar-refractivity contribution is -0.0374. The molecule has 1 amide bonds. The maximum Gasteiger partial charge on any atom is 0.410 e. The SMILES string of the molecule is CC(C)(C)OC(=O)N1CCCC2(CN)CCCCC12.